The predicted octanol–water partition coefficient (Wildman–Crippen LogP) is 8.19. The molecule has 0 aromatic heterocycles. The topological polar surface area (TPSA) is 87.3 Å². The van der Waals surface area contributed by atoms with Gasteiger partial charge in [0.25, 0.3) is 11.8 Å². The maximum atomic E-state index is 13.5. The van der Waals surface area contributed by atoms with Gasteiger partial charge in [-0.25, -0.2) is 0 Å². The molecule has 5 aromatic rings. The molecule has 0 aliphatic carbocycles. The Morgan fingerprint density at radius 1 is 0.644 bits per heavy atom. The molecule has 1 atom stereocenters. The van der Waals surface area contributed by atoms with E-state index in [0.29, 0.717) is 11.3 Å². The zero-order chi connectivity index (χ0) is 31.6. The highest BCUT2D eigenvalue weighted by molar-refractivity contribution is 8.00. The van der Waals surface area contributed by atoms with Crippen molar-refractivity contribution in [3.63, 3.8) is 0 Å². The summed E-state index contributed by atoms with van der Waals surface area (Å²) in [5, 5.41) is 8.22. The molecule has 0 bridgehead atoms. The van der Waals surface area contributed by atoms with E-state index in [0.717, 1.165) is 32.8 Å². The summed E-state index contributed by atoms with van der Waals surface area (Å²) in [5.74, 6) is -0.970. The highest BCUT2D eigenvalue weighted by Gasteiger charge is 2.22. The Labute approximate surface area is 267 Å². The average molecular weight is 612 g/mol. The number of thioether (sulfide) groups is 1. The van der Waals surface area contributed by atoms with Crippen LogP contribution in [0.2, 0.25) is 0 Å². The Morgan fingerprint density at radius 2 is 1.29 bits per heavy atom. The van der Waals surface area contributed by atoms with Crippen LogP contribution >= 0.6 is 11.8 Å². The number of hydrogen-bond acceptors (Lipinski definition) is 4. The van der Waals surface area contributed by atoms with Gasteiger partial charge in [-0.3, -0.25) is 14.4 Å². The van der Waals surface area contributed by atoms with Gasteiger partial charge >= 0.3 is 0 Å². The van der Waals surface area contributed by atoms with Crippen LogP contribution in [0, 0.1) is 13.8 Å². The highest BCUT2D eigenvalue weighted by Crippen LogP contribution is 2.37. The number of carbonyl (C=O) groups is 3. The Balaban J connectivity index is 1.33. The first-order valence-electron chi connectivity index (χ1n) is 14.5. The van der Waals surface area contributed by atoms with Crippen molar-refractivity contribution in [2.24, 2.45) is 0 Å². The lowest BCUT2D eigenvalue weighted by Gasteiger charge is -2.18. The lowest BCUT2D eigenvalue weighted by Crippen LogP contribution is -2.30. The van der Waals surface area contributed by atoms with E-state index < -0.39 is 11.2 Å². The lowest BCUT2D eigenvalue weighted by atomic mass is 10.1. The summed E-state index contributed by atoms with van der Waals surface area (Å²) in [4.78, 5) is 40.7. The van der Waals surface area contributed by atoms with Crippen LogP contribution in [-0.4, -0.2) is 17.7 Å². The summed E-state index contributed by atoms with van der Waals surface area (Å²) in [6, 6.07) is 41.1. The van der Waals surface area contributed by atoms with Crippen LogP contribution in [0.5, 0.6) is 0 Å². The molecule has 0 saturated heterocycles. The molecular formula is C38H33N3O3S. The van der Waals surface area contributed by atoms with Gasteiger partial charge < -0.3 is 16.0 Å². The normalized spacial score (nSPS) is 11.7. The molecule has 3 amide bonds. The SMILES string of the molecule is Cc1cccc(/C=C(\NC(=O)c2ccccc2)C(=O)Nc2ccc(SC(C(=O)Nc3cccc(C)c3)c3ccccc3)cc2)c1. The molecule has 3 N–H and O–H groups in total. The van der Waals surface area contributed by atoms with Crippen molar-refractivity contribution < 1.29 is 14.4 Å². The molecule has 0 spiro atoms. The zero-order valence-electron chi connectivity index (χ0n) is 25.0. The van der Waals surface area contributed by atoms with Crippen LogP contribution in [-0.2, 0) is 9.59 Å². The van der Waals surface area contributed by atoms with Crippen molar-refractivity contribution in [1.82, 2.24) is 5.32 Å². The van der Waals surface area contributed by atoms with E-state index in [1.165, 1.54) is 11.8 Å². The van der Waals surface area contributed by atoms with E-state index in [2.05, 4.69) is 16.0 Å². The number of rotatable bonds is 10. The van der Waals surface area contributed by atoms with Gasteiger partial charge in [-0.15, -0.1) is 11.8 Å². The third kappa shape index (κ3) is 8.81. The monoisotopic (exact) mass is 611 g/mol. The van der Waals surface area contributed by atoms with Gasteiger partial charge in [0, 0.05) is 21.8 Å². The predicted molar refractivity (Wildman–Crippen MR) is 183 cm³/mol. The van der Waals surface area contributed by atoms with Gasteiger partial charge in [-0.1, -0.05) is 90.5 Å². The summed E-state index contributed by atoms with van der Waals surface area (Å²) < 4.78 is 0. The Bertz CT molecular complexity index is 1820. The number of hydrogen-bond donors (Lipinski definition) is 3. The first-order chi connectivity index (χ1) is 21.8. The minimum absolute atomic E-state index is 0.116. The maximum absolute atomic E-state index is 13.5. The molecule has 0 aliphatic rings. The van der Waals surface area contributed by atoms with Gasteiger partial charge in [0.15, 0.2) is 0 Å². The second-order valence-electron chi connectivity index (χ2n) is 10.5. The van der Waals surface area contributed by atoms with Crippen LogP contribution in [0.15, 0.2) is 144 Å². The van der Waals surface area contributed by atoms with Crippen LogP contribution in [0.1, 0.15) is 37.9 Å². The largest absolute Gasteiger partial charge is 0.325 e. The quantitative estimate of drug-likeness (QED) is 0.110. The minimum atomic E-state index is -0.496. The average Bonchev–Trinajstić information content (AvgIpc) is 3.05. The smallest absolute Gasteiger partial charge is 0.272 e. The Hall–Kier alpha value is -5.40. The highest BCUT2D eigenvalue weighted by atomic mass is 32.2. The van der Waals surface area contributed by atoms with Crippen molar-refractivity contribution in [1.29, 1.82) is 0 Å². The van der Waals surface area contributed by atoms with Crippen molar-refractivity contribution in [3.05, 3.63) is 167 Å². The van der Waals surface area contributed by atoms with Gasteiger partial charge in [-0.2, -0.15) is 0 Å². The molecule has 45 heavy (non-hydrogen) atoms. The van der Waals surface area contributed by atoms with Crippen molar-refractivity contribution in [2.75, 3.05) is 10.6 Å². The zero-order valence-corrected chi connectivity index (χ0v) is 25.8. The number of nitrogens with one attached hydrogen (secondary N) is 3. The molecule has 224 valence electrons. The molecule has 7 heteroatoms. The van der Waals surface area contributed by atoms with Gasteiger partial charge in [0.05, 0.1) is 0 Å². The second-order valence-corrected chi connectivity index (χ2v) is 11.7. The Morgan fingerprint density at radius 3 is 1.96 bits per heavy atom. The summed E-state index contributed by atoms with van der Waals surface area (Å²) in [6.45, 7) is 3.95. The minimum Gasteiger partial charge on any atom is -0.325 e. The molecule has 5 aromatic carbocycles. The molecule has 0 fully saturated rings. The van der Waals surface area contributed by atoms with Crippen LogP contribution < -0.4 is 16.0 Å². The summed E-state index contributed by atoms with van der Waals surface area (Å²) in [5.41, 5.74) is 5.62. The van der Waals surface area contributed by atoms with E-state index in [1.54, 1.807) is 42.5 Å². The molecule has 6 nitrogen and oxygen atoms in total. The fraction of sp³-hybridized carbons (Fsp3) is 0.0789. The van der Waals surface area contributed by atoms with Gasteiger partial charge in [-0.05, 0) is 85.1 Å². The van der Waals surface area contributed by atoms with Gasteiger partial charge in [0.2, 0.25) is 5.91 Å². The van der Waals surface area contributed by atoms with Crippen LogP contribution in [0.4, 0.5) is 11.4 Å². The first-order valence-corrected chi connectivity index (χ1v) is 15.4. The van der Waals surface area contributed by atoms with E-state index in [4.69, 9.17) is 0 Å². The number of amides is 3. The van der Waals surface area contributed by atoms with Crippen molar-refractivity contribution in [3.8, 4) is 0 Å². The van der Waals surface area contributed by atoms with Crippen LogP contribution in [0.25, 0.3) is 6.08 Å². The van der Waals surface area contributed by atoms with E-state index in [-0.39, 0.29) is 17.5 Å². The fourth-order valence-corrected chi connectivity index (χ4v) is 5.68. The number of aryl methyl sites for hydroxylation is 2. The Kier molecular flexibility index (Phi) is 10.2. The summed E-state index contributed by atoms with van der Waals surface area (Å²) >= 11 is 1.42. The molecule has 0 saturated carbocycles. The second kappa shape index (κ2) is 14.9. The standard InChI is InChI=1S/C38H33N3O3S/c1-26-11-9-13-28(23-26)25-34(41-36(42)30-16-7-4-8-17-30)37(43)39-31-19-21-33(22-20-31)45-35(29-14-5-3-6-15-29)38(44)40-32-18-10-12-27(2)24-32/h3-25,35H,1-2H3,(H,39,43)(H,40,44)(H,41,42)/b34-25-. The molecule has 5 rings (SSSR count). The lowest BCUT2D eigenvalue weighted by molar-refractivity contribution is -0.116. The molecule has 1 unspecified atom stereocenters. The van der Waals surface area contributed by atoms with E-state index in [1.807, 2.05) is 111 Å². The first kappa shape index (κ1) is 31.0. The van der Waals surface area contributed by atoms with Crippen LogP contribution in [0.3, 0.4) is 0 Å². The molecule has 0 heterocycles. The maximum Gasteiger partial charge on any atom is 0.272 e. The summed E-state index contributed by atoms with van der Waals surface area (Å²) in [7, 11) is 0. The third-order valence-electron chi connectivity index (χ3n) is 6.87. The van der Waals surface area contributed by atoms with Crippen molar-refractivity contribution in [2.45, 2.75) is 24.0 Å². The molecule has 0 radical (unpaired) electrons. The number of benzene rings is 5. The van der Waals surface area contributed by atoms with Gasteiger partial charge in [0.1, 0.15) is 10.9 Å². The number of anilines is 2. The van der Waals surface area contributed by atoms with Crippen molar-refractivity contribution >= 4 is 46.9 Å². The molecule has 0 aliphatic heterocycles. The summed E-state index contributed by atoms with van der Waals surface area (Å²) in [6.07, 6.45) is 1.66. The number of carbonyl (C=O) groups excluding carboxylic acids is 3. The molecular weight excluding hydrogens is 579 g/mol. The fourth-order valence-electron chi connectivity index (χ4n) is 4.65. The van der Waals surface area contributed by atoms with E-state index >= 15 is 0 Å². The van der Waals surface area contributed by atoms with E-state index in [9.17, 15) is 14.4 Å². The third-order valence-corrected chi connectivity index (χ3v) is 8.14.